The molecule has 1 atom stereocenters. The van der Waals surface area contributed by atoms with E-state index in [-0.39, 0.29) is 13.2 Å². The van der Waals surface area contributed by atoms with Crippen LogP contribution < -0.4 is 15.2 Å². The lowest BCUT2D eigenvalue weighted by molar-refractivity contribution is 0.114. The monoisotopic (exact) mass is 247 g/mol. The molecule has 96 valence electrons. The molecule has 0 radical (unpaired) electrons. The summed E-state index contributed by atoms with van der Waals surface area (Å²) in [6.45, 7) is 0.396. The normalized spacial score (nSPS) is 12.4. The third-order valence-corrected chi connectivity index (χ3v) is 2.73. The minimum absolute atomic E-state index is 0.196. The molecule has 0 aliphatic heterocycles. The zero-order chi connectivity index (χ0) is 13.0. The van der Waals surface area contributed by atoms with Crippen LogP contribution in [0.25, 0.3) is 10.8 Å². The van der Waals surface area contributed by atoms with Gasteiger partial charge in [-0.15, -0.1) is 0 Å². The van der Waals surface area contributed by atoms with Gasteiger partial charge in [-0.25, -0.2) is 0 Å². The first kappa shape index (κ1) is 12.7. The van der Waals surface area contributed by atoms with Gasteiger partial charge in [-0.05, 0) is 35.0 Å². The van der Waals surface area contributed by atoms with E-state index in [2.05, 4.69) is 0 Å². The van der Waals surface area contributed by atoms with Crippen LogP contribution >= 0.6 is 0 Å². The Kier molecular flexibility index (Phi) is 4.02. The SMILES string of the molecule is COc1ccc2ccc(OCC(O)CN)cc2c1. The standard InChI is InChI=1S/C14H17NO3/c1-17-13-4-2-10-3-5-14(7-11(10)6-13)18-9-12(16)8-15/h2-7,12,16H,8-9,15H2,1H3. The predicted molar refractivity (Wildman–Crippen MR) is 71.1 cm³/mol. The molecule has 0 aliphatic rings. The highest BCUT2D eigenvalue weighted by Gasteiger charge is 2.03. The van der Waals surface area contributed by atoms with E-state index in [1.54, 1.807) is 7.11 Å². The molecular formula is C14H17NO3. The largest absolute Gasteiger partial charge is 0.497 e. The number of aliphatic hydroxyl groups is 1. The number of aliphatic hydroxyl groups excluding tert-OH is 1. The molecule has 2 rings (SSSR count). The van der Waals surface area contributed by atoms with E-state index in [0.29, 0.717) is 5.75 Å². The second-order valence-corrected chi connectivity index (χ2v) is 4.08. The summed E-state index contributed by atoms with van der Waals surface area (Å²) >= 11 is 0. The third-order valence-electron chi connectivity index (χ3n) is 2.73. The lowest BCUT2D eigenvalue weighted by Crippen LogP contribution is -2.26. The van der Waals surface area contributed by atoms with Crippen molar-refractivity contribution in [2.75, 3.05) is 20.3 Å². The van der Waals surface area contributed by atoms with Crippen LogP contribution in [0, 0.1) is 0 Å². The fraction of sp³-hybridized carbons (Fsp3) is 0.286. The molecule has 0 saturated heterocycles. The fourth-order valence-electron chi connectivity index (χ4n) is 1.68. The summed E-state index contributed by atoms with van der Waals surface area (Å²) in [7, 11) is 1.64. The molecule has 0 spiro atoms. The first-order chi connectivity index (χ1) is 8.72. The quantitative estimate of drug-likeness (QED) is 0.841. The van der Waals surface area contributed by atoms with Crippen molar-refractivity contribution >= 4 is 10.8 Å². The average Bonchev–Trinajstić information content (AvgIpc) is 2.43. The number of methoxy groups -OCH3 is 1. The number of benzene rings is 2. The van der Waals surface area contributed by atoms with E-state index in [0.717, 1.165) is 16.5 Å². The van der Waals surface area contributed by atoms with Gasteiger partial charge in [-0.1, -0.05) is 12.1 Å². The Morgan fingerprint density at radius 2 is 1.78 bits per heavy atom. The number of hydrogen-bond acceptors (Lipinski definition) is 4. The second kappa shape index (κ2) is 5.71. The van der Waals surface area contributed by atoms with Gasteiger partial charge in [-0.2, -0.15) is 0 Å². The average molecular weight is 247 g/mol. The summed E-state index contributed by atoms with van der Waals surface area (Å²) in [5, 5.41) is 11.5. The third kappa shape index (κ3) is 2.91. The summed E-state index contributed by atoms with van der Waals surface area (Å²) < 4.78 is 10.6. The second-order valence-electron chi connectivity index (χ2n) is 4.08. The molecule has 0 heterocycles. The van der Waals surface area contributed by atoms with Gasteiger partial charge >= 0.3 is 0 Å². The van der Waals surface area contributed by atoms with Crippen LogP contribution in [0.4, 0.5) is 0 Å². The van der Waals surface area contributed by atoms with Gasteiger partial charge in [0.1, 0.15) is 24.2 Å². The lowest BCUT2D eigenvalue weighted by atomic mass is 10.1. The maximum atomic E-state index is 9.34. The molecule has 4 heteroatoms. The number of rotatable bonds is 5. The van der Waals surface area contributed by atoms with E-state index >= 15 is 0 Å². The van der Waals surface area contributed by atoms with Crippen LogP contribution in [0.15, 0.2) is 36.4 Å². The minimum atomic E-state index is -0.633. The van der Waals surface area contributed by atoms with Crippen molar-refractivity contribution < 1.29 is 14.6 Å². The fourth-order valence-corrected chi connectivity index (χ4v) is 1.68. The van der Waals surface area contributed by atoms with Gasteiger partial charge in [0, 0.05) is 6.54 Å². The van der Waals surface area contributed by atoms with Crippen molar-refractivity contribution in [3.05, 3.63) is 36.4 Å². The van der Waals surface area contributed by atoms with E-state index < -0.39 is 6.10 Å². The Bertz CT molecular complexity index is 527. The predicted octanol–water partition coefficient (Wildman–Crippen LogP) is 1.55. The first-order valence-electron chi connectivity index (χ1n) is 5.81. The van der Waals surface area contributed by atoms with Crippen molar-refractivity contribution in [1.29, 1.82) is 0 Å². The van der Waals surface area contributed by atoms with Crippen molar-refractivity contribution in [3.8, 4) is 11.5 Å². The highest BCUT2D eigenvalue weighted by Crippen LogP contribution is 2.24. The van der Waals surface area contributed by atoms with Gasteiger partial charge in [-0.3, -0.25) is 0 Å². The number of nitrogens with two attached hydrogens (primary N) is 1. The molecule has 0 saturated carbocycles. The molecule has 0 aromatic heterocycles. The van der Waals surface area contributed by atoms with Crippen LogP contribution in [0.2, 0.25) is 0 Å². The van der Waals surface area contributed by atoms with Gasteiger partial charge in [0.2, 0.25) is 0 Å². The Labute approximate surface area is 106 Å². The van der Waals surface area contributed by atoms with E-state index in [9.17, 15) is 5.11 Å². The number of hydrogen-bond donors (Lipinski definition) is 2. The molecule has 2 aromatic carbocycles. The zero-order valence-electron chi connectivity index (χ0n) is 10.3. The van der Waals surface area contributed by atoms with Crippen molar-refractivity contribution in [2.24, 2.45) is 5.73 Å². The molecule has 4 nitrogen and oxygen atoms in total. The molecule has 18 heavy (non-hydrogen) atoms. The summed E-state index contributed by atoms with van der Waals surface area (Å²) in [4.78, 5) is 0. The molecule has 1 unspecified atom stereocenters. The van der Waals surface area contributed by atoms with Crippen molar-refractivity contribution in [3.63, 3.8) is 0 Å². The maximum Gasteiger partial charge on any atom is 0.120 e. The van der Waals surface area contributed by atoms with E-state index in [1.807, 2.05) is 36.4 Å². The lowest BCUT2D eigenvalue weighted by Gasteiger charge is -2.11. The van der Waals surface area contributed by atoms with Crippen LogP contribution in [0.3, 0.4) is 0 Å². The van der Waals surface area contributed by atoms with Crippen LogP contribution in [-0.4, -0.2) is 31.5 Å². The zero-order valence-corrected chi connectivity index (χ0v) is 10.3. The molecule has 3 N–H and O–H groups in total. The summed E-state index contributed by atoms with van der Waals surface area (Å²) in [5.74, 6) is 1.52. The topological polar surface area (TPSA) is 64.7 Å². The number of ether oxygens (including phenoxy) is 2. The Hall–Kier alpha value is -1.78. The van der Waals surface area contributed by atoms with Crippen molar-refractivity contribution in [1.82, 2.24) is 0 Å². The van der Waals surface area contributed by atoms with Gasteiger partial charge < -0.3 is 20.3 Å². The molecule has 0 bridgehead atoms. The highest BCUT2D eigenvalue weighted by atomic mass is 16.5. The van der Waals surface area contributed by atoms with E-state index in [1.165, 1.54) is 0 Å². The summed E-state index contributed by atoms with van der Waals surface area (Å²) in [6.07, 6.45) is -0.633. The first-order valence-corrected chi connectivity index (χ1v) is 5.81. The molecule has 0 amide bonds. The van der Waals surface area contributed by atoms with E-state index in [4.69, 9.17) is 15.2 Å². The van der Waals surface area contributed by atoms with Crippen LogP contribution in [0.1, 0.15) is 0 Å². The van der Waals surface area contributed by atoms with Crippen LogP contribution in [-0.2, 0) is 0 Å². The Balaban J connectivity index is 2.20. The van der Waals surface area contributed by atoms with Gasteiger partial charge in [0.25, 0.3) is 0 Å². The highest BCUT2D eigenvalue weighted by molar-refractivity contribution is 5.85. The molecule has 2 aromatic rings. The van der Waals surface area contributed by atoms with Gasteiger partial charge in [0.05, 0.1) is 7.11 Å². The summed E-state index contributed by atoms with van der Waals surface area (Å²) in [5.41, 5.74) is 5.32. The Morgan fingerprint density at radius 1 is 1.11 bits per heavy atom. The van der Waals surface area contributed by atoms with Gasteiger partial charge in [0.15, 0.2) is 0 Å². The summed E-state index contributed by atoms with van der Waals surface area (Å²) in [6, 6.07) is 11.6. The maximum absolute atomic E-state index is 9.34. The van der Waals surface area contributed by atoms with Crippen molar-refractivity contribution in [2.45, 2.75) is 6.10 Å². The van der Waals surface area contributed by atoms with Crippen LogP contribution in [0.5, 0.6) is 11.5 Å². The smallest absolute Gasteiger partial charge is 0.120 e. The Morgan fingerprint density at radius 3 is 2.44 bits per heavy atom. The molecule has 0 fully saturated rings. The molecular weight excluding hydrogens is 230 g/mol. The number of fused-ring (bicyclic) bond motifs is 1. The minimum Gasteiger partial charge on any atom is -0.497 e. The molecule has 0 aliphatic carbocycles.